The SMILES string of the molecule is CC(C)(C)OC(=O)N1CCN(Cc2ccc(-c3cnc(N)c(C(=O)Cc4cnccc4N4CCOCC4)n3)cc2)C(=O)C1. The Balaban J connectivity index is 1.23. The molecule has 226 valence electrons. The number of nitrogens with zero attached hydrogens (tertiary/aromatic N) is 6. The van der Waals surface area contributed by atoms with Crippen LogP contribution in [0.25, 0.3) is 11.3 Å². The second kappa shape index (κ2) is 12.7. The minimum Gasteiger partial charge on any atom is -0.444 e. The molecule has 2 saturated heterocycles. The normalized spacial score (nSPS) is 15.9. The van der Waals surface area contributed by atoms with Crippen LogP contribution in [0.15, 0.2) is 48.9 Å². The molecule has 43 heavy (non-hydrogen) atoms. The molecule has 3 aromatic rings. The molecule has 0 spiro atoms. The van der Waals surface area contributed by atoms with Crippen molar-refractivity contribution >= 4 is 29.3 Å². The third-order valence-electron chi connectivity index (χ3n) is 7.24. The number of pyridine rings is 1. The first kappa shape index (κ1) is 29.9. The van der Waals surface area contributed by atoms with Gasteiger partial charge < -0.3 is 25.0 Å². The van der Waals surface area contributed by atoms with Gasteiger partial charge in [0, 0.05) is 68.4 Å². The molecule has 4 heterocycles. The van der Waals surface area contributed by atoms with E-state index in [0.717, 1.165) is 35.5 Å². The maximum atomic E-state index is 13.4. The van der Waals surface area contributed by atoms with Gasteiger partial charge in [-0.3, -0.25) is 19.5 Å². The zero-order valence-corrected chi connectivity index (χ0v) is 24.8. The highest BCUT2D eigenvalue weighted by Crippen LogP contribution is 2.25. The predicted molar refractivity (Wildman–Crippen MR) is 160 cm³/mol. The van der Waals surface area contributed by atoms with Crippen LogP contribution in [0.5, 0.6) is 0 Å². The Morgan fingerprint density at radius 3 is 2.47 bits per heavy atom. The molecule has 2 aromatic heterocycles. The highest BCUT2D eigenvalue weighted by atomic mass is 16.6. The predicted octanol–water partition coefficient (Wildman–Crippen LogP) is 2.96. The lowest BCUT2D eigenvalue weighted by atomic mass is 10.0. The summed E-state index contributed by atoms with van der Waals surface area (Å²) in [7, 11) is 0. The summed E-state index contributed by atoms with van der Waals surface area (Å²) in [6, 6.07) is 9.49. The Morgan fingerprint density at radius 1 is 1.02 bits per heavy atom. The fourth-order valence-electron chi connectivity index (χ4n) is 5.03. The highest BCUT2D eigenvalue weighted by Gasteiger charge is 2.30. The first-order chi connectivity index (χ1) is 20.6. The summed E-state index contributed by atoms with van der Waals surface area (Å²) in [5.74, 6) is -0.305. The van der Waals surface area contributed by atoms with Crippen molar-refractivity contribution in [3.05, 3.63) is 65.7 Å². The van der Waals surface area contributed by atoms with Crippen molar-refractivity contribution in [1.82, 2.24) is 24.8 Å². The minimum atomic E-state index is -0.617. The fraction of sp³-hybridized carbons (Fsp3) is 0.419. The lowest BCUT2D eigenvalue weighted by Crippen LogP contribution is -2.52. The molecule has 2 N–H and O–H groups in total. The van der Waals surface area contributed by atoms with Gasteiger partial charge >= 0.3 is 6.09 Å². The van der Waals surface area contributed by atoms with Crippen molar-refractivity contribution in [2.75, 3.05) is 56.6 Å². The number of nitrogens with two attached hydrogens (primary N) is 1. The lowest BCUT2D eigenvalue weighted by Gasteiger charge is -2.35. The van der Waals surface area contributed by atoms with Crippen LogP contribution in [-0.4, -0.2) is 94.1 Å². The van der Waals surface area contributed by atoms with E-state index < -0.39 is 11.7 Å². The van der Waals surface area contributed by atoms with E-state index in [0.29, 0.717) is 38.5 Å². The van der Waals surface area contributed by atoms with E-state index in [9.17, 15) is 14.4 Å². The molecule has 0 saturated carbocycles. The lowest BCUT2D eigenvalue weighted by molar-refractivity contribution is -0.136. The number of piperazine rings is 1. The highest BCUT2D eigenvalue weighted by molar-refractivity contribution is 6.00. The molecule has 12 heteroatoms. The van der Waals surface area contributed by atoms with Crippen LogP contribution < -0.4 is 10.6 Å². The van der Waals surface area contributed by atoms with Crippen LogP contribution in [0.3, 0.4) is 0 Å². The van der Waals surface area contributed by atoms with Crippen molar-refractivity contribution in [1.29, 1.82) is 0 Å². The number of aromatic nitrogens is 3. The van der Waals surface area contributed by atoms with E-state index in [4.69, 9.17) is 15.2 Å². The van der Waals surface area contributed by atoms with Crippen LogP contribution >= 0.6 is 0 Å². The van der Waals surface area contributed by atoms with Gasteiger partial charge in [-0.05, 0) is 32.4 Å². The van der Waals surface area contributed by atoms with E-state index in [-0.39, 0.29) is 36.2 Å². The number of carbonyl (C=O) groups excluding carboxylic acids is 3. The van der Waals surface area contributed by atoms with Gasteiger partial charge in [0.2, 0.25) is 5.91 Å². The summed E-state index contributed by atoms with van der Waals surface area (Å²) in [6.07, 6.45) is 4.58. The van der Waals surface area contributed by atoms with E-state index in [1.54, 1.807) is 44.3 Å². The van der Waals surface area contributed by atoms with Gasteiger partial charge in [0.1, 0.15) is 17.8 Å². The molecule has 2 amide bonds. The molecule has 2 aliphatic heterocycles. The maximum Gasteiger partial charge on any atom is 0.410 e. The quantitative estimate of drug-likeness (QED) is 0.410. The minimum absolute atomic E-state index is 0.0161. The maximum absolute atomic E-state index is 13.4. The van der Waals surface area contributed by atoms with E-state index in [2.05, 4.69) is 19.9 Å². The fourth-order valence-corrected chi connectivity index (χ4v) is 5.03. The van der Waals surface area contributed by atoms with Crippen LogP contribution in [0.1, 0.15) is 42.4 Å². The van der Waals surface area contributed by atoms with Crippen LogP contribution in [0.4, 0.5) is 16.3 Å². The number of carbonyl (C=O) groups is 3. The summed E-state index contributed by atoms with van der Waals surface area (Å²) in [5, 5.41) is 0. The second-order valence-corrected chi connectivity index (χ2v) is 11.6. The van der Waals surface area contributed by atoms with Crippen molar-refractivity contribution in [3.8, 4) is 11.3 Å². The number of hydrogen-bond acceptors (Lipinski definition) is 10. The number of rotatable bonds is 7. The first-order valence-electron chi connectivity index (χ1n) is 14.3. The standard InChI is InChI=1S/C31H37N7O5/c1-31(2,3)43-30(41)38-11-10-37(27(40)20-38)19-21-4-6-22(7-5-21)24-18-34-29(32)28(35-24)26(39)16-23-17-33-9-8-25(23)36-12-14-42-15-13-36/h4-9,17-18H,10-16,19-20H2,1-3H3,(H2,32,34). The second-order valence-electron chi connectivity index (χ2n) is 11.6. The number of morpholine rings is 1. The number of nitrogen functional groups attached to an aromatic ring is 1. The number of amides is 2. The molecule has 2 fully saturated rings. The number of Topliss-reactive ketones (excluding diaryl/α,β-unsaturated/α-hetero) is 1. The molecule has 2 aliphatic rings. The molecule has 0 bridgehead atoms. The molecule has 0 radical (unpaired) electrons. The molecule has 0 aliphatic carbocycles. The van der Waals surface area contributed by atoms with Crippen LogP contribution in [0, 0.1) is 0 Å². The zero-order chi connectivity index (χ0) is 30.6. The Morgan fingerprint density at radius 2 is 1.77 bits per heavy atom. The van der Waals surface area contributed by atoms with Gasteiger partial charge in [0.05, 0.1) is 25.1 Å². The molecule has 12 nitrogen and oxygen atoms in total. The van der Waals surface area contributed by atoms with Crippen LogP contribution in [0.2, 0.25) is 0 Å². The topological polar surface area (TPSA) is 144 Å². The van der Waals surface area contributed by atoms with Crippen molar-refractivity contribution in [3.63, 3.8) is 0 Å². The number of benzene rings is 1. The molecule has 5 rings (SSSR count). The Labute approximate surface area is 250 Å². The van der Waals surface area contributed by atoms with Crippen molar-refractivity contribution in [2.45, 2.75) is 39.3 Å². The third kappa shape index (κ3) is 7.44. The van der Waals surface area contributed by atoms with Gasteiger partial charge in [-0.1, -0.05) is 24.3 Å². The van der Waals surface area contributed by atoms with Gasteiger partial charge in [-0.2, -0.15) is 0 Å². The molecule has 1 aromatic carbocycles. The van der Waals surface area contributed by atoms with Crippen molar-refractivity contribution in [2.24, 2.45) is 0 Å². The number of anilines is 2. The summed E-state index contributed by atoms with van der Waals surface area (Å²) in [5.41, 5.74) is 9.56. The molecule has 0 atom stereocenters. The van der Waals surface area contributed by atoms with Crippen LogP contribution in [-0.2, 0) is 27.2 Å². The summed E-state index contributed by atoms with van der Waals surface area (Å²) < 4.78 is 10.9. The summed E-state index contributed by atoms with van der Waals surface area (Å²) >= 11 is 0. The molecule has 0 unspecified atom stereocenters. The Hall–Kier alpha value is -4.58. The zero-order valence-electron chi connectivity index (χ0n) is 24.8. The van der Waals surface area contributed by atoms with E-state index in [1.807, 2.05) is 30.3 Å². The van der Waals surface area contributed by atoms with Gasteiger partial charge in [0.25, 0.3) is 0 Å². The smallest absolute Gasteiger partial charge is 0.410 e. The Kier molecular flexibility index (Phi) is 8.86. The van der Waals surface area contributed by atoms with Crippen molar-refractivity contribution < 1.29 is 23.9 Å². The molecular formula is C31H37N7O5. The largest absolute Gasteiger partial charge is 0.444 e. The summed E-state index contributed by atoms with van der Waals surface area (Å²) in [6.45, 7) is 9.37. The van der Waals surface area contributed by atoms with E-state index in [1.165, 1.54) is 4.90 Å². The average Bonchev–Trinajstić information content (AvgIpc) is 2.98. The van der Waals surface area contributed by atoms with Gasteiger partial charge in [0.15, 0.2) is 11.6 Å². The Bertz CT molecular complexity index is 1480. The number of hydrogen-bond donors (Lipinski definition) is 1. The van der Waals surface area contributed by atoms with Gasteiger partial charge in [-0.15, -0.1) is 0 Å². The first-order valence-corrected chi connectivity index (χ1v) is 14.3. The summed E-state index contributed by atoms with van der Waals surface area (Å²) in [4.78, 5) is 56.9. The van der Waals surface area contributed by atoms with Gasteiger partial charge in [-0.25, -0.2) is 14.8 Å². The number of ketones is 1. The third-order valence-corrected chi connectivity index (χ3v) is 7.24. The average molecular weight is 588 g/mol. The monoisotopic (exact) mass is 587 g/mol. The van der Waals surface area contributed by atoms with E-state index >= 15 is 0 Å². The number of ether oxygens (including phenoxy) is 2. The molecular weight excluding hydrogens is 550 g/mol.